The number of anilines is 1. The van der Waals surface area contributed by atoms with Crippen LogP contribution in [0.25, 0.3) is 55.8 Å². The molecule has 0 unspecified atom stereocenters. The van der Waals surface area contributed by atoms with E-state index in [1.54, 1.807) is 30.6 Å². The summed E-state index contributed by atoms with van der Waals surface area (Å²) in [5, 5.41) is 10.1. The lowest BCUT2D eigenvalue weighted by Crippen LogP contribution is -2.14. The van der Waals surface area contributed by atoms with Gasteiger partial charge in [-0.15, -0.1) is 0 Å². The SMILES string of the molecule is CC(C)CC(=O)Nc1cncc(-c2ncc3[nH]nc(-c4nc5c(-c6cccc(F)c6)cncc5[nH]4)c3c2F)c1. The van der Waals surface area contributed by atoms with Crippen molar-refractivity contribution in [2.24, 2.45) is 5.92 Å². The molecule has 0 bridgehead atoms. The second-order valence-electron chi connectivity index (χ2n) is 9.57. The van der Waals surface area contributed by atoms with Crippen LogP contribution >= 0.6 is 0 Å². The molecule has 194 valence electrons. The van der Waals surface area contributed by atoms with Gasteiger partial charge in [0.15, 0.2) is 11.6 Å². The normalized spacial score (nSPS) is 11.5. The molecular weight excluding hydrogens is 502 g/mol. The number of nitrogens with zero attached hydrogens (tertiary/aromatic N) is 5. The van der Waals surface area contributed by atoms with Gasteiger partial charge in [-0.25, -0.2) is 13.8 Å². The molecule has 0 aliphatic rings. The Morgan fingerprint density at radius 1 is 0.974 bits per heavy atom. The molecule has 5 aromatic heterocycles. The van der Waals surface area contributed by atoms with Gasteiger partial charge in [0.2, 0.25) is 5.91 Å². The number of pyridine rings is 3. The number of rotatable bonds is 6. The first kappa shape index (κ1) is 24.3. The van der Waals surface area contributed by atoms with Crippen molar-refractivity contribution in [3.63, 3.8) is 0 Å². The fourth-order valence-corrected chi connectivity index (χ4v) is 4.48. The molecule has 0 radical (unpaired) electrons. The minimum Gasteiger partial charge on any atom is -0.335 e. The van der Waals surface area contributed by atoms with Crippen molar-refractivity contribution in [1.29, 1.82) is 0 Å². The number of imidazole rings is 1. The number of hydrogen-bond acceptors (Lipinski definition) is 6. The molecule has 39 heavy (non-hydrogen) atoms. The Hall–Kier alpha value is -5.06. The molecule has 3 N–H and O–H groups in total. The maximum Gasteiger partial charge on any atom is 0.224 e. The van der Waals surface area contributed by atoms with Crippen LogP contribution in [-0.4, -0.2) is 41.0 Å². The first-order valence-corrected chi connectivity index (χ1v) is 12.2. The summed E-state index contributed by atoms with van der Waals surface area (Å²) in [6, 6.07) is 7.77. The zero-order chi connectivity index (χ0) is 27.1. The van der Waals surface area contributed by atoms with Gasteiger partial charge in [0.1, 0.15) is 17.2 Å². The smallest absolute Gasteiger partial charge is 0.224 e. The Kier molecular flexibility index (Phi) is 6.02. The highest BCUT2D eigenvalue weighted by Crippen LogP contribution is 2.34. The van der Waals surface area contributed by atoms with Crippen molar-refractivity contribution in [3.8, 4) is 33.9 Å². The van der Waals surface area contributed by atoms with Crippen LogP contribution in [0.3, 0.4) is 0 Å². The van der Waals surface area contributed by atoms with Gasteiger partial charge >= 0.3 is 0 Å². The van der Waals surface area contributed by atoms with Gasteiger partial charge in [-0.3, -0.25) is 24.8 Å². The summed E-state index contributed by atoms with van der Waals surface area (Å²) in [7, 11) is 0. The van der Waals surface area contributed by atoms with Crippen molar-refractivity contribution >= 4 is 33.5 Å². The second-order valence-corrected chi connectivity index (χ2v) is 9.57. The van der Waals surface area contributed by atoms with Crippen LogP contribution in [0.1, 0.15) is 20.3 Å². The molecule has 0 aliphatic heterocycles. The van der Waals surface area contributed by atoms with Gasteiger partial charge in [-0.05, 0) is 29.7 Å². The number of aromatic amines is 2. The first-order chi connectivity index (χ1) is 18.9. The maximum absolute atomic E-state index is 16.0. The van der Waals surface area contributed by atoms with E-state index in [1.165, 1.54) is 30.7 Å². The summed E-state index contributed by atoms with van der Waals surface area (Å²) in [4.78, 5) is 32.7. The zero-order valence-electron chi connectivity index (χ0n) is 21.0. The van der Waals surface area contributed by atoms with Gasteiger partial charge in [0.25, 0.3) is 0 Å². The molecule has 1 amide bonds. The number of amides is 1. The Morgan fingerprint density at radius 2 is 1.82 bits per heavy atom. The van der Waals surface area contributed by atoms with E-state index in [0.717, 1.165) is 0 Å². The monoisotopic (exact) mass is 524 g/mol. The van der Waals surface area contributed by atoms with E-state index in [1.807, 2.05) is 13.8 Å². The van der Waals surface area contributed by atoms with Crippen molar-refractivity contribution in [2.75, 3.05) is 5.32 Å². The summed E-state index contributed by atoms with van der Waals surface area (Å²) in [5.74, 6) is -0.639. The van der Waals surface area contributed by atoms with Gasteiger partial charge in [0, 0.05) is 29.9 Å². The molecule has 5 heterocycles. The van der Waals surface area contributed by atoms with Crippen molar-refractivity contribution in [3.05, 3.63) is 73.0 Å². The average molecular weight is 525 g/mol. The quantitative estimate of drug-likeness (QED) is 0.250. The first-order valence-electron chi connectivity index (χ1n) is 12.2. The van der Waals surface area contributed by atoms with Crippen LogP contribution in [0.2, 0.25) is 0 Å². The molecule has 9 nitrogen and oxygen atoms in total. The number of carbonyl (C=O) groups excluding carboxylic acids is 1. The van der Waals surface area contributed by atoms with Gasteiger partial charge in [-0.1, -0.05) is 26.0 Å². The molecule has 0 saturated carbocycles. The molecule has 0 atom stereocenters. The highest BCUT2D eigenvalue weighted by Gasteiger charge is 2.21. The Labute approximate surface area is 220 Å². The fraction of sp³-hybridized carbons (Fsp3) is 0.143. The molecule has 0 fully saturated rings. The van der Waals surface area contributed by atoms with Gasteiger partial charge in [-0.2, -0.15) is 5.10 Å². The standard InChI is InChI=1S/C28H22F2N8O/c1-14(2)6-22(39)34-18-8-16(9-31-10-18)25-24(30)23-20(13-33-25)37-38-27(23)28-35-21-12-32-11-19(26(21)36-28)15-4-3-5-17(29)7-15/h3-5,7-14H,6H2,1-2H3,(H,34,39)(H,35,36)(H,37,38). The lowest BCUT2D eigenvalue weighted by molar-refractivity contribution is -0.116. The number of hydrogen-bond donors (Lipinski definition) is 3. The van der Waals surface area contributed by atoms with Crippen molar-refractivity contribution in [2.45, 2.75) is 20.3 Å². The van der Waals surface area contributed by atoms with Crippen LogP contribution in [0.5, 0.6) is 0 Å². The summed E-state index contributed by atoms with van der Waals surface area (Å²) in [6.45, 7) is 3.90. The Bertz CT molecular complexity index is 1860. The highest BCUT2D eigenvalue weighted by atomic mass is 19.1. The minimum absolute atomic E-state index is 0.0517. The number of halogens is 2. The number of carbonyl (C=O) groups is 1. The molecular formula is C28H22F2N8O. The van der Waals surface area contributed by atoms with E-state index in [2.05, 4.69) is 40.4 Å². The van der Waals surface area contributed by atoms with E-state index >= 15 is 4.39 Å². The van der Waals surface area contributed by atoms with Crippen LogP contribution in [-0.2, 0) is 4.79 Å². The third-order valence-electron chi connectivity index (χ3n) is 6.19. The molecule has 6 rings (SSSR count). The predicted molar refractivity (Wildman–Crippen MR) is 143 cm³/mol. The van der Waals surface area contributed by atoms with E-state index in [9.17, 15) is 9.18 Å². The van der Waals surface area contributed by atoms with E-state index < -0.39 is 5.82 Å². The average Bonchev–Trinajstić information content (AvgIpc) is 3.53. The number of H-pyrrole nitrogens is 2. The van der Waals surface area contributed by atoms with Crippen LogP contribution < -0.4 is 5.32 Å². The Morgan fingerprint density at radius 3 is 2.64 bits per heavy atom. The van der Waals surface area contributed by atoms with Crippen molar-refractivity contribution < 1.29 is 13.6 Å². The van der Waals surface area contributed by atoms with Crippen molar-refractivity contribution in [1.82, 2.24) is 35.1 Å². The molecule has 0 saturated heterocycles. The van der Waals surface area contributed by atoms with E-state index in [0.29, 0.717) is 51.2 Å². The minimum atomic E-state index is -0.618. The summed E-state index contributed by atoms with van der Waals surface area (Å²) >= 11 is 0. The van der Waals surface area contributed by atoms with Gasteiger partial charge in [0.05, 0.1) is 46.2 Å². The molecule has 0 spiro atoms. The number of nitrogens with one attached hydrogen (secondary N) is 3. The predicted octanol–water partition coefficient (Wildman–Crippen LogP) is 5.89. The molecule has 0 aliphatic carbocycles. The van der Waals surface area contributed by atoms with E-state index in [-0.39, 0.29) is 34.4 Å². The maximum atomic E-state index is 16.0. The number of aromatic nitrogens is 7. The third kappa shape index (κ3) is 4.58. The molecule has 11 heteroatoms. The largest absolute Gasteiger partial charge is 0.335 e. The summed E-state index contributed by atoms with van der Waals surface area (Å²) < 4.78 is 29.9. The highest BCUT2D eigenvalue weighted by molar-refractivity contribution is 5.98. The fourth-order valence-electron chi connectivity index (χ4n) is 4.48. The zero-order valence-corrected chi connectivity index (χ0v) is 21.0. The topological polar surface area (TPSA) is 125 Å². The lowest BCUT2D eigenvalue weighted by Gasteiger charge is -2.09. The van der Waals surface area contributed by atoms with Crippen LogP contribution in [0, 0.1) is 17.6 Å². The molecule has 1 aromatic carbocycles. The lowest BCUT2D eigenvalue weighted by atomic mass is 10.1. The van der Waals surface area contributed by atoms with Crippen LogP contribution in [0.4, 0.5) is 14.5 Å². The second kappa shape index (κ2) is 9.67. The van der Waals surface area contributed by atoms with Gasteiger partial charge < -0.3 is 10.3 Å². The number of benzene rings is 1. The Balaban J connectivity index is 1.42. The summed E-state index contributed by atoms with van der Waals surface area (Å²) in [6.07, 6.45) is 8.02. The summed E-state index contributed by atoms with van der Waals surface area (Å²) in [5.41, 5.74) is 3.90. The van der Waals surface area contributed by atoms with Crippen LogP contribution in [0.15, 0.2) is 61.3 Å². The number of fused-ring (bicyclic) bond motifs is 2. The third-order valence-corrected chi connectivity index (χ3v) is 6.19. The molecule has 6 aromatic rings. The van der Waals surface area contributed by atoms with E-state index in [4.69, 9.17) is 0 Å².